The molecule has 0 saturated heterocycles. The number of carbonyl (C=O) groups is 1. The number of aryl methyl sites for hydroxylation is 1. The topological polar surface area (TPSA) is 68.0 Å². The van der Waals surface area contributed by atoms with Crippen LogP contribution in [0.1, 0.15) is 39.0 Å². The maximum atomic E-state index is 11.8. The molecule has 0 unspecified atom stereocenters. The highest BCUT2D eigenvalue weighted by atomic mass is 35.5. The molecule has 23 heavy (non-hydrogen) atoms. The fraction of sp³-hybridized carbons (Fsp3) is 0.471. The van der Waals surface area contributed by atoms with E-state index in [-0.39, 0.29) is 5.91 Å². The van der Waals surface area contributed by atoms with Crippen LogP contribution in [-0.2, 0) is 11.2 Å². The summed E-state index contributed by atoms with van der Waals surface area (Å²) >= 11 is 5.85. The van der Waals surface area contributed by atoms with Crippen molar-refractivity contribution in [2.75, 3.05) is 6.54 Å². The van der Waals surface area contributed by atoms with Crippen molar-refractivity contribution in [2.24, 2.45) is 5.92 Å². The summed E-state index contributed by atoms with van der Waals surface area (Å²) in [5.74, 6) is 1.65. The Hall–Kier alpha value is -1.88. The first-order valence-corrected chi connectivity index (χ1v) is 8.27. The largest absolute Gasteiger partial charge is 0.356 e. The Balaban J connectivity index is 1.76. The second-order valence-corrected chi connectivity index (χ2v) is 6.34. The Morgan fingerprint density at radius 2 is 2.04 bits per heavy atom. The van der Waals surface area contributed by atoms with Gasteiger partial charge < -0.3 is 9.84 Å². The monoisotopic (exact) mass is 335 g/mol. The van der Waals surface area contributed by atoms with Gasteiger partial charge in [0.15, 0.2) is 0 Å². The Morgan fingerprint density at radius 1 is 1.30 bits per heavy atom. The van der Waals surface area contributed by atoms with Crippen molar-refractivity contribution in [3.63, 3.8) is 0 Å². The summed E-state index contributed by atoms with van der Waals surface area (Å²) in [6, 6.07) is 7.21. The van der Waals surface area contributed by atoms with E-state index in [9.17, 15) is 4.79 Å². The molecule has 0 saturated carbocycles. The molecule has 124 valence electrons. The first-order valence-electron chi connectivity index (χ1n) is 7.90. The van der Waals surface area contributed by atoms with Crippen LogP contribution >= 0.6 is 11.6 Å². The fourth-order valence-corrected chi connectivity index (χ4v) is 2.25. The van der Waals surface area contributed by atoms with Crippen molar-refractivity contribution in [3.8, 4) is 11.4 Å². The van der Waals surface area contributed by atoms with Gasteiger partial charge in [0, 0.05) is 30.0 Å². The molecular formula is C17H22ClN3O2. The average molecular weight is 336 g/mol. The quantitative estimate of drug-likeness (QED) is 0.743. The SMILES string of the molecule is CC(C)CCCNC(=O)CCc1nc(-c2ccc(Cl)cc2)no1. The van der Waals surface area contributed by atoms with Crippen LogP contribution < -0.4 is 5.32 Å². The molecule has 1 N–H and O–H groups in total. The molecular weight excluding hydrogens is 314 g/mol. The fourth-order valence-electron chi connectivity index (χ4n) is 2.12. The van der Waals surface area contributed by atoms with E-state index in [0.717, 1.165) is 24.9 Å². The first-order chi connectivity index (χ1) is 11.0. The molecule has 0 radical (unpaired) electrons. The molecule has 1 aromatic heterocycles. The van der Waals surface area contributed by atoms with E-state index in [1.165, 1.54) is 0 Å². The number of rotatable bonds is 8. The highest BCUT2D eigenvalue weighted by molar-refractivity contribution is 6.30. The van der Waals surface area contributed by atoms with Crippen LogP contribution in [0.15, 0.2) is 28.8 Å². The standard InChI is InChI=1S/C17H22ClN3O2/c1-12(2)4-3-11-19-15(22)9-10-16-20-17(21-23-16)13-5-7-14(18)8-6-13/h5-8,12H,3-4,9-11H2,1-2H3,(H,19,22). The van der Waals surface area contributed by atoms with Gasteiger partial charge in [-0.25, -0.2) is 0 Å². The van der Waals surface area contributed by atoms with E-state index >= 15 is 0 Å². The van der Waals surface area contributed by atoms with Crippen molar-refractivity contribution in [1.82, 2.24) is 15.5 Å². The van der Waals surface area contributed by atoms with E-state index in [0.29, 0.717) is 35.5 Å². The summed E-state index contributed by atoms with van der Waals surface area (Å²) in [5.41, 5.74) is 0.836. The number of aromatic nitrogens is 2. The van der Waals surface area contributed by atoms with Gasteiger partial charge in [-0.3, -0.25) is 4.79 Å². The summed E-state index contributed by atoms with van der Waals surface area (Å²) in [4.78, 5) is 16.1. The lowest BCUT2D eigenvalue weighted by Crippen LogP contribution is -2.24. The zero-order chi connectivity index (χ0) is 16.7. The van der Waals surface area contributed by atoms with Crippen LogP contribution in [0, 0.1) is 5.92 Å². The Labute approximate surface area is 141 Å². The third-order valence-corrected chi connectivity index (χ3v) is 3.67. The summed E-state index contributed by atoms with van der Waals surface area (Å²) in [6.45, 7) is 5.07. The second kappa shape index (κ2) is 8.67. The Bertz CT molecular complexity index is 623. The van der Waals surface area contributed by atoms with Gasteiger partial charge >= 0.3 is 0 Å². The molecule has 0 aliphatic heterocycles. The smallest absolute Gasteiger partial charge is 0.227 e. The number of carbonyl (C=O) groups excluding carboxylic acids is 1. The van der Waals surface area contributed by atoms with Gasteiger partial charge in [0.1, 0.15) is 0 Å². The van der Waals surface area contributed by atoms with Crippen molar-refractivity contribution in [1.29, 1.82) is 0 Å². The third-order valence-electron chi connectivity index (χ3n) is 3.42. The van der Waals surface area contributed by atoms with Crippen LogP contribution in [-0.4, -0.2) is 22.6 Å². The van der Waals surface area contributed by atoms with Gasteiger partial charge in [0.2, 0.25) is 17.6 Å². The predicted octanol–water partition coefficient (Wildman–Crippen LogP) is 3.88. The number of nitrogens with zero attached hydrogens (tertiary/aromatic N) is 2. The van der Waals surface area contributed by atoms with Crippen molar-refractivity contribution in [3.05, 3.63) is 35.2 Å². The minimum Gasteiger partial charge on any atom is -0.356 e. The van der Waals surface area contributed by atoms with Crippen LogP contribution in [0.2, 0.25) is 5.02 Å². The third kappa shape index (κ3) is 6.02. The molecule has 1 amide bonds. The number of nitrogens with one attached hydrogen (secondary N) is 1. The number of hydrogen-bond acceptors (Lipinski definition) is 4. The molecule has 0 aliphatic carbocycles. The van der Waals surface area contributed by atoms with Crippen molar-refractivity contribution >= 4 is 17.5 Å². The van der Waals surface area contributed by atoms with Gasteiger partial charge in [-0.05, 0) is 43.0 Å². The number of hydrogen-bond donors (Lipinski definition) is 1. The molecule has 1 aromatic carbocycles. The zero-order valence-electron chi connectivity index (χ0n) is 13.5. The van der Waals surface area contributed by atoms with Crippen LogP contribution in [0.4, 0.5) is 0 Å². The van der Waals surface area contributed by atoms with Gasteiger partial charge in [0.25, 0.3) is 0 Å². The summed E-state index contributed by atoms with van der Waals surface area (Å²) < 4.78 is 5.18. The lowest BCUT2D eigenvalue weighted by atomic mass is 10.1. The molecule has 0 spiro atoms. The molecule has 0 aliphatic rings. The molecule has 2 aromatic rings. The van der Waals surface area contributed by atoms with Crippen LogP contribution in [0.25, 0.3) is 11.4 Å². The molecule has 6 heteroatoms. The van der Waals surface area contributed by atoms with E-state index in [1.807, 2.05) is 12.1 Å². The maximum absolute atomic E-state index is 11.8. The molecule has 2 rings (SSSR count). The second-order valence-electron chi connectivity index (χ2n) is 5.90. The predicted molar refractivity (Wildman–Crippen MR) is 90.1 cm³/mol. The van der Waals surface area contributed by atoms with E-state index < -0.39 is 0 Å². The summed E-state index contributed by atoms with van der Waals surface area (Å²) in [6.07, 6.45) is 2.92. The number of halogens is 1. The number of amides is 1. The number of benzene rings is 1. The van der Waals surface area contributed by atoms with E-state index in [1.54, 1.807) is 12.1 Å². The lowest BCUT2D eigenvalue weighted by Gasteiger charge is -2.05. The maximum Gasteiger partial charge on any atom is 0.227 e. The summed E-state index contributed by atoms with van der Waals surface area (Å²) in [7, 11) is 0. The highest BCUT2D eigenvalue weighted by Crippen LogP contribution is 2.18. The van der Waals surface area contributed by atoms with Gasteiger partial charge in [-0.15, -0.1) is 0 Å². The van der Waals surface area contributed by atoms with Crippen LogP contribution in [0.5, 0.6) is 0 Å². The summed E-state index contributed by atoms with van der Waals surface area (Å²) in [5, 5.41) is 7.50. The minimum absolute atomic E-state index is 0.0139. The normalized spacial score (nSPS) is 11.0. The lowest BCUT2D eigenvalue weighted by molar-refractivity contribution is -0.121. The van der Waals surface area contributed by atoms with Gasteiger partial charge in [-0.1, -0.05) is 30.6 Å². The Kier molecular flexibility index (Phi) is 6.59. The average Bonchev–Trinajstić information content (AvgIpc) is 2.99. The molecule has 0 fully saturated rings. The van der Waals surface area contributed by atoms with E-state index in [2.05, 4.69) is 29.3 Å². The molecule has 5 nitrogen and oxygen atoms in total. The van der Waals surface area contributed by atoms with Crippen LogP contribution in [0.3, 0.4) is 0 Å². The first kappa shape index (κ1) is 17.5. The van der Waals surface area contributed by atoms with Gasteiger partial charge in [0.05, 0.1) is 0 Å². The minimum atomic E-state index is 0.0139. The van der Waals surface area contributed by atoms with Gasteiger partial charge in [-0.2, -0.15) is 4.98 Å². The highest BCUT2D eigenvalue weighted by Gasteiger charge is 2.10. The molecule has 0 atom stereocenters. The molecule has 1 heterocycles. The van der Waals surface area contributed by atoms with Crippen molar-refractivity contribution in [2.45, 2.75) is 39.5 Å². The van der Waals surface area contributed by atoms with E-state index in [4.69, 9.17) is 16.1 Å². The zero-order valence-corrected chi connectivity index (χ0v) is 14.3. The Morgan fingerprint density at radius 3 is 2.74 bits per heavy atom. The molecule has 0 bridgehead atoms. The van der Waals surface area contributed by atoms with Crippen molar-refractivity contribution < 1.29 is 9.32 Å².